The van der Waals surface area contributed by atoms with Crippen LogP contribution in [0.2, 0.25) is 0 Å². The Hall–Kier alpha value is -1.25. The van der Waals surface area contributed by atoms with Gasteiger partial charge in [-0.25, -0.2) is 4.98 Å². The molecule has 1 aromatic rings. The summed E-state index contributed by atoms with van der Waals surface area (Å²) in [6.45, 7) is 7.71. The molecule has 116 valence electrons. The topological polar surface area (TPSA) is 28.2 Å². The van der Waals surface area contributed by atoms with E-state index in [0.717, 1.165) is 17.8 Å². The highest BCUT2D eigenvalue weighted by Crippen LogP contribution is 2.37. The Kier molecular flexibility index (Phi) is 4.10. The fraction of sp³-hybridized carbons (Fsp3) is 0.722. The maximum Gasteiger partial charge on any atom is 0.131 e. The third kappa shape index (κ3) is 3.50. The van der Waals surface area contributed by atoms with E-state index in [1.165, 1.54) is 50.9 Å². The Balaban J connectivity index is 1.77. The Morgan fingerprint density at radius 1 is 1.10 bits per heavy atom. The van der Waals surface area contributed by atoms with Crippen LogP contribution in [-0.2, 0) is 0 Å². The summed E-state index contributed by atoms with van der Waals surface area (Å²) in [5.74, 6) is 3.06. The predicted molar refractivity (Wildman–Crippen MR) is 89.9 cm³/mol. The molecule has 1 atom stereocenters. The van der Waals surface area contributed by atoms with Crippen LogP contribution in [0.1, 0.15) is 59.3 Å². The first-order chi connectivity index (χ1) is 10.0. The fourth-order valence-electron chi connectivity index (χ4n) is 3.95. The summed E-state index contributed by atoms with van der Waals surface area (Å²) in [6, 6.07) is 7.13. The van der Waals surface area contributed by atoms with Crippen LogP contribution in [0, 0.1) is 5.92 Å². The summed E-state index contributed by atoms with van der Waals surface area (Å²) in [5.41, 5.74) is 0.0570. The zero-order valence-corrected chi connectivity index (χ0v) is 13.7. The molecule has 0 aromatic carbocycles. The molecule has 0 radical (unpaired) electrons. The van der Waals surface area contributed by atoms with Gasteiger partial charge in [-0.15, -0.1) is 0 Å². The average Bonchev–Trinajstić information content (AvgIpc) is 3.08. The second-order valence-corrected chi connectivity index (χ2v) is 7.70. The molecule has 1 unspecified atom stereocenters. The van der Waals surface area contributed by atoms with Crippen LogP contribution in [0.25, 0.3) is 0 Å². The molecule has 0 bridgehead atoms. The van der Waals surface area contributed by atoms with Gasteiger partial charge in [-0.3, -0.25) is 0 Å². The van der Waals surface area contributed by atoms with E-state index in [-0.39, 0.29) is 5.54 Å². The molecule has 1 aliphatic carbocycles. The SMILES string of the molecule is CC(C)(C)Nc1cccc(N2CCCC2C2CCCC2)n1. The quantitative estimate of drug-likeness (QED) is 0.890. The van der Waals surface area contributed by atoms with Crippen molar-refractivity contribution in [3.8, 4) is 0 Å². The van der Waals surface area contributed by atoms with Crippen LogP contribution in [0.4, 0.5) is 11.6 Å². The van der Waals surface area contributed by atoms with Gasteiger partial charge in [0.15, 0.2) is 0 Å². The van der Waals surface area contributed by atoms with E-state index in [4.69, 9.17) is 4.98 Å². The van der Waals surface area contributed by atoms with Gasteiger partial charge in [0.25, 0.3) is 0 Å². The van der Waals surface area contributed by atoms with Crippen molar-refractivity contribution in [3.05, 3.63) is 18.2 Å². The van der Waals surface area contributed by atoms with E-state index in [0.29, 0.717) is 0 Å². The van der Waals surface area contributed by atoms with E-state index in [1.807, 2.05) is 0 Å². The lowest BCUT2D eigenvalue weighted by molar-refractivity contribution is 0.429. The number of anilines is 2. The first-order valence-electron chi connectivity index (χ1n) is 8.55. The molecule has 3 rings (SSSR count). The van der Waals surface area contributed by atoms with E-state index >= 15 is 0 Å². The van der Waals surface area contributed by atoms with Crippen molar-refractivity contribution < 1.29 is 0 Å². The highest BCUT2D eigenvalue weighted by Gasteiger charge is 2.34. The third-order valence-corrected chi connectivity index (χ3v) is 4.77. The van der Waals surface area contributed by atoms with Crippen molar-refractivity contribution in [2.75, 3.05) is 16.8 Å². The predicted octanol–water partition coefficient (Wildman–Crippen LogP) is 4.45. The monoisotopic (exact) mass is 287 g/mol. The lowest BCUT2D eigenvalue weighted by Crippen LogP contribution is -2.35. The second-order valence-electron chi connectivity index (χ2n) is 7.70. The number of nitrogens with zero attached hydrogens (tertiary/aromatic N) is 2. The van der Waals surface area contributed by atoms with Gasteiger partial charge in [0, 0.05) is 18.1 Å². The van der Waals surface area contributed by atoms with Gasteiger partial charge in [0.1, 0.15) is 11.6 Å². The number of aromatic nitrogens is 1. The molecule has 21 heavy (non-hydrogen) atoms. The summed E-state index contributed by atoms with van der Waals surface area (Å²) >= 11 is 0. The van der Waals surface area contributed by atoms with Gasteiger partial charge in [-0.05, 0) is 64.5 Å². The third-order valence-electron chi connectivity index (χ3n) is 4.77. The van der Waals surface area contributed by atoms with Crippen LogP contribution in [0.15, 0.2) is 18.2 Å². The molecule has 1 saturated heterocycles. The lowest BCUT2D eigenvalue weighted by Gasteiger charge is -2.31. The average molecular weight is 287 g/mol. The molecule has 1 aliphatic heterocycles. The summed E-state index contributed by atoms with van der Waals surface area (Å²) in [4.78, 5) is 7.45. The van der Waals surface area contributed by atoms with Crippen molar-refractivity contribution in [1.82, 2.24) is 4.98 Å². The van der Waals surface area contributed by atoms with Crippen LogP contribution >= 0.6 is 0 Å². The Bertz CT molecular complexity index is 472. The van der Waals surface area contributed by atoms with Crippen molar-refractivity contribution in [1.29, 1.82) is 0 Å². The lowest BCUT2D eigenvalue weighted by atomic mass is 9.96. The zero-order chi connectivity index (χ0) is 14.9. The zero-order valence-electron chi connectivity index (χ0n) is 13.7. The number of hydrogen-bond donors (Lipinski definition) is 1. The molecule has 1 N–H and O–H groups in total. The molecule has 1 saturated carbocycles. The van der Waals surface area contributed by atoms with Crippen molar-refractivity contribution >= 4 is 11.6 Å². The maximum atomic E-state index is 4.88. The number of hydrogen-bond acceptors (Lipinski definition) is 3. The summed E-state index contributed by atoms with van der Waals surface area (Å²) < 4.78 is 0. The Morgan fingerprint density at radius 2 is 1.86 bits per heavy atom. The van der Waals surface area contributed by atoms with E-state index < -0.39 is 0 Å². The largest absolute Gasteiger partial charge is 0.365 e. The smallest absolute Gasteiger partial charge is 0.131 e. The number of rotatable bonds is 3. The first kappa shape index (κ1) is 14.7. The molecular weight excluding hydrogens is 258 g/mol. The van der Waals surface area contributed by atoms with Gasteiger partial charge in [0.05, 0.1) is 0 Å². The molecule has 1 aromatic heterocycles. The van der Waals surface area contributed by atoms with Crippen LogP contribution < -0.4 is 10.2 Å². The minimum atomic E-state index is 0.0570. The van der Waals surface area contributed by atoms with Gasteiger partial charge < -0.3 is 10.2 Å². The van der Waals surface area contributed by atoms with Gasteiger partial charge in [-0.1, -0.05) is 18.9 Å². The summed E-state index contributed by atoms with van der Waals surface area (Å²) in [7, 11) is 0. The molecule has 2 heterocycles. The molecule has 2 aliphatic rings. The maximum absolute atomic E-state index is 4.88. The summed E-state index contributed by atoms with van der Waals surface area (Å²) in [6.07, 6.45) is 8.35. The molecule has 0 amide bonds. The van der Waals surface area contributed by atoms with Gasteiger partial charge in [0.2, 0.25) is 0 Å². The molecular formula is C18H29N3. The standard InChI is InChI=1S/C18H29N3/c1-18(2,3)20-16-11-6-12-17(19-16)21-13-7-10-15(21)14-8-4-5-9-14/h6,11-12,14-15H,4-5,7-10,13H2,1-3H3,(H,19,20). The van der Waals surface area contributed by atoms with Crippen molar-refractivity contribution in [3.63, 3.8) is 0 Å². The molecule has 2 fully saturated rings. The highest BCUT2D eigenvalue weighted by molar-refractivity contribution is 5.49. The summed E-state index contributed by atoms with van der Waals surface area (Å²) in [5, 5.41) is 3.49. The normalized spacial score (nSPS) is 23.8. The number of pyridine rings is 1. The van der Waals surface area contributed by atoms with Gasteiger partial charge in [-0.2, -0.15) is 0 Å². The van der Waals surface area contributed by atoms with Crippen LogP contribution in [-0.4, -0.2) is 23.1 Å². The fourth-order valence-corrected chi connectivity index (χ4v) is 3.95. The van der Waals surface area contributed by atoms with Gasteiger partial charge >= 0.3 is 0 Å². The Morgan fingerprint density at radius 3 is 2.57 bits per heavy atom. The van der Waals surface area contributed by atoms with E-state index in [2.05, 4.69) is 49.2 Å². The molecule has 0 spiro atoms. The molecule has 3 heteroatoms. The first-order valence-corrected chi connectivity index (χ1v) is 8.55. The highest BCUT2D eigenvalue weighted by atomic mass is 15.2. The molecule has 3 nitrogen and oxygen atoms in total. The van der Waals surface area contributed by atoms with Crippen LogP contribution in [0.5, 0.6) is 0 Å². The van der Waals surface area contributed by atoms with E-state index in [1.54, 1.807) is 0 Å². The van der Waals surface area contributed by atoms with Crippen molar-refractivity contribution in [2.24, 2.45) is 5.92 Å². The second kappa shape index (κ2) is 5.86. The van der Waals surface area contributed by atoms with Crippen LogP contribution in [0.3, 0.4) is 0 Å². The van der Waals surface area contributed by atoms with E-state index in [9.17, 15) is 0 Å². The Labute approximate surface area is 129 Å². The minimum absolute atomic E-state index is 0.0570. The number of nitrogens with one attached hydrogen (secondary N) is 1. The minimum Gasteiger partial charge on any atom is -0.365 e. The van der Waals surface area contributed by atoms with Crippen molar-refractivity contribution in [2.45, 2.75) is 70.9 Å².